The topological polar surface area (TPSA) is 46.1 Å². The number of halogens is 1. The minimum atomic E-state index is 0.112. The molecule has 2 rings (SSSR count). The molecule has 1 amide bonds. The van der Waals surface area contributed by atoms with E-state index in [1.54, 1.807) is 0 Å². The molecule has 0 aromatic carbocycles. The lowest BCUT2D eigenvalue weighted by Crippen LogP contribution is -2.44. The first kappa shape index (κ1) is 13.0. The van der Waals surface area contributed by atoms with E-state index < -0.39 is 0 Å². The number of aromatic nitrogens is 2. The van der Waals surface area contributed by atoms with E-state index in [1.165, 1.54) is 18.0 Å². The zero-order valence-electron chi connectivity index (χ0n) is 9.86. The van der Waals surface area contributed by atoms with E-state index >= 15 is 0 Å². The second kappa shape index (κ2) is 5.91. The average molecular weight is 318 g/mol. The molecule has 0 spiro atoms. The summed E-state index contributed by atoms with van der Waals surface area (Å²) in [7, 11) is 0. The third-order valence-corrected chi connectivity index (χ3v) is 4.65. The van der Waals surface area contributed by atoms with Crippen LogP contribution in [-0.4, -0.2) is 38.3 Å². The van der Waals surface area contributed by atoms with Crippen LogP contribution in [0.4, 0.5) is 0 Å². The van der Waals surface area contributed by atoms with Crippen LogP contribution in [-0.2, 0) is 6.42 Å². The number of likely N-dealkylation sites (tertiary alicyclic amines) is 1. The Labute approximate surface area is 114 Å². The summed E-state index contributed by atoms with van der Waals surface area (Å²) >= 11 is 4.72. The van der Waals surface area contributed by atoms with E-state index in [0.29, 0.717) is 6.04 Å². The predicted molar refractivity (Wildman–Crippen MR) is 71.8 cm³/mol. The fourth-order valence-electron chi connectivity index (χ4n) is 2.16. The third kappa shape index (κ3) is 2.68. The summed E-state index contributed by atoms with van der Waals surface area (Å²) in [5, 5.41) is 4.86. The van der Waals surface area contributed by atoms with Crippen LogP contribution in [0.25, 0.3) is 0 Å². The summed E-state index contributed by atoms with van der Waals surface area (Å²) in [5.74, 6) is 0.112. The van der Waals surface area contributed by atoms with Crippen LogP contribution >= 0.6 is 27.5 Å². The molecule has 1 unspecified atom stereocenters. The predicted octanol–water partition coefficient (Wildman–Crippen LogP) is 2.49. The summed E-state index contributed by atoms with van der Waals surface area (Å²) < 4.78 is 3.89. The van der Waals surface area contributed by atoms with Crippen molar-refractivity contribution >= 4 is 33.4 Å². The molecule has 2 heterocycles. The van der Waals surface area contributed by atoms with E-state index in [1.807, 2.05) is 11.8 Å². The fourth-order valence-corrected chi connectivity index (χ4v) is 3.54. The van der Waals surface area contributed by atoms with Gasteiger partial charge in [-0.1, -0.05) is 27.3 Å². The van der Waals surface area contributed by atoms with Crippen molar-refractivity contribution in [1.82, 2.24) is 14.5 Å². The third-order valence-electron chi connectivity index (χ3n) is 3.15. The van der Waals surface area contributed by atoms with Gasteiger partial charge in [-0.3, -0.25) is 4.79 Å². The Kier molecular flexibility index (Phi) is 4.50. The van der Waals surface area contributed by atoms with Gasteiger partial charge in [-0.2, -0.15) is 0 Å². The maximum atomic E-state index is 12.4. The number of amides is 1. The van der Waals surface area contributed by atoms with Crippen molar-refractivity contribution in [1.29, 1.82) is 0 Å². The molecule has 0 radical (unpaired) electrons. The number of alkyl halides is 1. The van der Waals surface area contributed by atoms with Gasteiger partial charge in [0, 0.05) is 17.9 Å². The molecule has 1 aromatic heterocycles. The SMILES string of the molecule is CCc1nnsc1C(=O)N1CCCCC1CBr. The highest BCUT2D eigenvalue weighted by Crippen LogP contribution is 2.23. The lowest BCUT2D eigenvalue weighted by Gasteiger charge is -2.34. The number of carbonyl (C=O) groups is 1. The Bertz CT molecular complexity index is 396. The van der Waals surface area contributed by atoms with Crippen LogP contribution in [0.5, 0.6) is 0 Å². The Balaban J connectivity index is 2.18. The molecule has 1 atom stereocenters. The van der Waals surface area contributed by atoms with Crippen LogP contribution in [0, 0.1) is 0 Å². The largest absolute Gasteiger partial charge is 0.334 e. The molecule has 1 saturated heterocycles. The summed E-state index contributed by atoms with van der Waals surface area (Å²) in [6.45, 7) is 2.86. The molecule has 0 saturated carbocycles. The van der Waals surface area contributed by atoms with Crippen molar-refractivity contribution < 1.29 is 4.79 Å². The van der Waals surface area contributed by atoms with Gasteiger partial charge in [-0.25, -0.2) is 0 Å². The second-order valence-corrected chi connectivity index (χ2v) is 5.61. The molecule has 1 fully saturated rings. The molecule has 94 valence electrons. The van der Waals surface area contributed by atoms with Gasteiger partial charge in [-0.05, 0) is 37.2 Å². The number of rotatable bonds is 3. The van der Waals surface area contributed by atoms with Crippen LogP contribution in [0.2, 0.25) is 0 Å². The molecular formula is C11H16BrN3OS. The van der Waals surface area contributed by atoms with Gasteiger partial charge in [-0.15, -0.1) is 5.10 Å². The second-order valence-electron chi connectivity index (χ2n) is 4.20. The Hall–Kier alpha value is -0.490. The molecule has 17 heavy (non-hydrogen) atoms. The Morgan fingerprint density at radius 3 is 3.12 bits per heavy atom. The van der Waals surface area contributed by atoms with Crippen molar-refractivity contribution in [3.8, 4) is 0 Å². The highest BCUT2D eigenvalue weighted by molar-refractivity contribution is 9.09. The van der Waals surface area contributed by atoms with Gasteiger partial charge < -0.3 is 4.90 Å². The first-order valence-electron chi connectivity index (χ1n) is 5.96. The van der Waals surface area contributed by atoms with Gasteiger partial charge in [0.1, 0.15) is 4.88 Å². The van der Waals surface area contributed by atoms with Crippen LogP contribution in [0.3, 0.4) is 0 Å². The van der Waals surface area contributed by atoms with Crippen molar-refractivity contribution in [2.24, 2.45) is 0 Å². The lowest BCUT2D eigenvalue weighted by atomic mass is 10.0. The average Bonchev–Trinajstić information content (AvgIpc) is 2.86. The fraction of sp³-hybridized carbons (Fsp3) is 0.727. The zero-order valence-corrected chi connectivity index (χ0v) is 12.3. The van der Waals surface area contributed by atoms with Gasteiger partial charge in [0.15, 0.2) is 0 Å². The van der Waals surface area contributed by atoms with Crippen molar-refractivity contribution in [3.63, 3.8) is 0 Å². The summed E-state index contributed by atoms with van der Waals surface area (Å²) in [6, 6.07) is 0.322. The normalized spacial score (nSPS) is 20.6. The van der Waals surface area contributed by atoms with Crippen LogP contribution in [0.15, 0.2) is 0 Å². The molecule has 1 aromatic rings. The van der Waals surface area contributed by atoms with Crippen molar-refractivity contribution in [3.05, 3.63) is 10.6 Å². The summed E-state index contributed by atoms with van der Waals surface area (Å²) in [6.07, 6.45) is 4.17. The van der Waals surface area contributed by atoms with E-state index in [2.05, 4.69) is 25.5 Å². The molecular weight excluding hydrogens is 302 g/mol. The van der Waals surface area contributed by atoms with E-state index in [0.717, 1.165) is 41.7 Å². The number of hydrogen-bond acceptors (Lipinski definition) is 4. The first-order valence-corrected chi connectivity index (χ1v) is 7.85. The van der Waals surface area contributed by atoms with E-state index in [-0.39, 0.29) is 5.91 Å². The minimum Gasteiger partial charge on any atom is -0.334 e. The maximum absolute atomic E-state index is 12.4. The van der Waals surface area contributed by atoms with E-state index in [9.17, 15) is 4.79 Å². The summed E-state index contributed by atoms with van der Waals surface area (Å²) in [5.41, 5.74) is 0.832. The van der Waals surface area contributed by atoms with Gasteiger partial charge in [0.05, 0.1) is 5.69 Å². The molecule has 6 heteroatoms. The van der Waals surface area contributed by atoms with Gasteiger partial charge in [0.2, 0.25) is 0 Å². The van der Waals surface area contributed by atoms with E-state index in [4.69, 9.17) is 0 Å². The van der Waals surface area contributed by atoms with Crippen LogP contribution < -0.4 is 0 Å². The lowest BCUT2D eigenvalue weighted by molar-refractivity contribution is 0.0645. The standard InChI is InChI=1S/C11H16BrN3OS/c1-2-9-10(17-14-13-9)11(16)15-6-4-3-5-8(15)7-12/h8H,2-7H2,1H3. The molecule has 1 aliphatic heterocycles. The maximum Gasteiger partial charge on any atom is 0.267 e. The minimum absolute atomic E-state index is 0.112. The number of hydrogen-bond donors (Lipinski definition) is 0. The quantitative estimate of drug-likeness (QED) is 0.805. The van der Waals surface area contributed by atoms with Gasteiger partial charge in [0.25, 0.3) is 5.91 Å². The monoisotopic (exact) mass is 317 g/mol. The highest BCUT2D eigenvalue weighted by atomic mass is 79.9. The highest BCUT2D eigenvalue weighted by Gasteiger charge is 2.29. The zero-order chi connectivity index (χ0) is 12.3. The smallest absolute Gasteiger partial charge is 0.267 e. The number of carbonyl (C=O) groups excluding carboxylic acids is 1. The molecule has 4 nitrogen and oxygen atoms in total. The van der Waals surface area contributed by atoms with Gasteiger partial charge >= 0.3 is 0 Å². The Morgan fingerprint density at radius 1 is 1.59 bits per heavy atom. The number of aryl methyl sites for hydroxylation is 1. The first-order chi connectivity index (χ1) is 8.27. The number of nitrogens with zero attached hydrogens (tertiary/aromatic N) is 3. The molecule has 0 N–H and O–H groups in total. The number of piperidine rings is 1. The molecule has 1 aliphatic rings. The van der Waals surface area contributed by atoms with Crippen molar-refractivity contribution in [2.75, 3.05) is 11.9 Å². The van der Waals surface area contributed by atoms with Crippen molar-refractivity contribution in [2.45, 2.75) is 38.6 Å². The molecule has 0 aliphatic carbocycles. The Morgan fingerprint density at radius 2 is 2.41 bits per heavy atom. The molecule has 0 bridgehead atoms. The van der Waals surface area contributed by atoms with Crippen LogP contribution in [0.1, 0.15) is 41.6 Å². The summed E-state index contributed by atoms with van der Waals surface area (Å²) in [4.78, 5) is 15.1.